The summed E-state index contributed by atoms with van der Waals surface area (Å²) in [7, 11) is 1.69. The maximum atomic E-state index is 11.8. The Hall–Kier alpha value is -1.07. The predicted octanol–water partition coefficient (Wildman–Crippen LogP) is 1.74. The first-order valence-corrected chi connectivity index (χ1v) is 6.90. The number of rotatable bonds is 3. The molecule has 18 heavy (non-hydrogen) atoms. The molecular formula is C13H18BrN3O. The van der Waals surface area contributed by atoms with Crippen LogP contribution in [0.4, 0.5) is 5.69 Å². The molecule has 5 heteroatoms. The van der Waals surface area contributed by atoms with E-state index < -0.39 is 0 Å². The zero-order chi connectivity index (χ0) is 13.1. The molecule has 2 rings (SSSR count). The summed E-state index contributed by atoms with van der Waals surface area (Å²) in [5.41, 5.74) is 7.64. The number of carbonyl (C=O) groups is 1. The highest BCUT2D eigenvalue weighted by atomic mass is 79.9. The molecule has 0 aliphatic carbocycles. The molecule has 0 saturated carbocycles. The van der Waals surface area contributed by atoms with E-state index in [9.17, 15) is 4.79 Å². The molecule has 0 spiro atoms. The number of anilines is 1. The normalized spacial score (nSPS) is 20.0. The number of nitrogens with two attached hydrogens (primary N) is 1. The predicted molar refractivity (Wildman–Crippen MR) is 76.1 cm³/mol. The molecule has 98 valence electrons. The van der Waals surface area contributed by atoms with Crippen LogP contribution in [0.25, 0.3) is 0 Å². The van der Waals surface area contributed by atoms with Crippen LogP contribution in [0.15, 0.2) is 22.7 Å². The maximum absolute atomic E-state index is 11.8. The lowest BCUT2D eigenvalue weighted by molar-refractivity contribution is -0.125. The van der Waals surface area contributed by atoms with Gasteiger partial charge in [-0.05, 0) is 37.1 Å². The monoisotopic (exact) mass is 311 g/mol. The number of halogens is 1. The van der Waals surface area contributed by atoms with E-state index in [0.29, 0.717) is 0 Å². The summed E-state index contributed by atoms with van der Waals surface area (Å²) >= 11 is 3.52. The van der Waals surface area contributed by atoms with Crippen molar-refractivity contribution in [3.05, 3.63) is 28.2 Å². The molecule has 1 aromatic carbocycles. The molecule has 1 aromatic rings. The van der Waals surface area contributed by atoms with Gasteiger partial charge in [-0.3, -0.25) is 9.69 Å². The highest BCUT2D eigenvalue weighted by Crippen LogP contribution is 2.25. The zero-order valence-corrected chi connectivity index (χ0v) is 12.0. The lowest BCUT2D eigenvalue weighted by atomic mass is 10.1. The second-order valence-electron chi connectivity index (χ2n) is 4.59. The number of nitrogens with one attached hydrogen (secondary N) is 1. The summed E-state index contributed by atoms with van der Waals surface area (Å²) < 4.78 is 1.00. The Morgan fingerprint density at radius 1 is 1.61 bits per heavy atom. The van der Waals surface area contributed by atoms with Crippen molar-refractivity contribution in [2.75, 3.05) is 19.3 Å². The minimum atomic E-state index is -0.000506. The molecule has 1 saturated heterocycles. The Kier molecular flexibility index (Phi) is 4.24. The highest BCUT2D eigenvalue weighted by molar-refractivity contribution is 9.10. The summed E-state index contributed by atoms with van der Waals surface area (Å²) in [6, 6.07) is 5.81. The van der Waals surface area contributed by atoms with Gasteiger partial charge in [-0.2, -0.15) is 0 Å². The summed E-state index contributed by atoms with van der Waals surface area (Å²) in [6.45, 7) is 1.74. The summed E-state index contributed by atoms with van der Waals surface area (Å²) in [4.78, 5) is 14.0. The van der Waals surface area contributed by atoms with Crippen molar-refractivity contribution < 1.29 is 4.79 Å². The van der Waals surface area contributed by atoms with Gasteiger partial charge in [0.25, 0.3) is 0 Å². The van der Waals surface area contributed by atoms with E-state index in [-0.39, 0.29) is 11.9 Å². The van der Waals surface area contributed by atoms with Gasteiger partial charge in [-0.15, -0.1) is 0 Å². The number of nitrogen functional groups attached to an aromatic ring is 1. The zero-order valence-electron chi connectivity index (χ0n) is 10.4. The van der Waals surface area contributed by atoms with E-state index in [1.165, 1.54) is 5.56 Å². The van der Waals surface area contributed by atoms with Crippen LogP contribution in [-0.4, -0.2) is 30.4 Å². The molecule has 1 atom stereocenters. The molecule has 1 fully saturated rings. The van der Waals surface area contributed by atoms with Crippen molar-refractivity contribution in [1.82, 2.24) is 10.2 Å². The van der Waals surface area contributed by atoms with Crippen LogP contribution in [0, 0.1) is 0 Å². The third kappa shape index (κ3) is 2.84. The van der Waals surface area contributed by atoms with Crippen molar-refractivity contribution in [3.63, 3.8) is 0 Å². The lowest BCUT2D eigenvalue weighted by Crippen LogP contribution is -2.41. The SMILES string of the molecule is CNC(=O)C1CCCN1Cc1ccc(N)cc1Br. The third-order valence-corrected chi connectivity index (χ3v) is 4.10. The second-order valence-corrected chi connectivity index (χ2v) is 5.45. The summed E-state index contributed by atoms with van der Waals surface area (Å²) in [5, 5.41) is 2.73. The first-order chi connectivity index (χ1) is 8.61. The number of carbonyl (C=O) groups excluding carboxylic acids is 1. The van der Waals surface area contributed by atoms with Crippen molar-refractivity contribution in [2.24, 2.45) is 0 Å². The van der Waals surface area contributed by atoms with Gasteiger partial charge in [0.2, 0.25) is 5.91 Å². The van der Waals surface area contributed by atoms with Gasteiger partial charge < -0.3 is 11.1 Å². The van der Waals surface area contributed by atoms with Gasteiger partial charge >= 0.3 is 0 Å². The van der Waals surface area contributed by atoms with Gasteiger partial charge in [-0.25, -0.2) is 0 Å². The van der Waals surface area contributed by atoms with E-state index in [4.69, 9.17) is 5.73 Å². The molecule has 0 aromatic heterocycles. The van der Waals surface area contributed by atoms with E-state index in [0.717, 1.165) is 36.1 Å². The molecule has 4 nitrogen and oxygen atoms in total. The number of benzene rings is 1. The molecule has 0 radical (unpaired) electrons. The Labute approximate surface area is 116 Å². The summed E-state index contributed by atoms with van der Waals surface area (Å²) in [6.07, 6.45) is 2.01. The summed E-state index contributed by atoms with van der Waals surface area (Å²) in [5.74, 6) is 0.110. The second kappa shape index (κ2) is 5.71. The van der Waals surface area contributed by atoms with E-state index >= 15 is 0 Å². The van der Waals surface area contributed by atoms with Crippen LogP contribution in [0.3, 0.4) is 0 Å². The number of likely N-dealkylation sites (N-methyl/N-ethyl adjacent to an activating group) is 1. The van der Waals surface area contributed by atoms with Crippen LogP contribution in [0.1, 0.15) is 18.4 Å². The first-order valence-electron chi connectivity index (χ1n) is 6.11. The largest absolute Gasteiger partial charge is 0.399 e. The van der Waals surface area contributed by atoms with Gasteiger partial charge in [0, 0.05) is 23.8 Å². The minimum Gasteiger partial charge on any atom is -0.399 e. The fourth-order valence-electron chi connectivity index (χ4n) is 2.39. The molecule has 1 heterocycles. The fourth-order valence-corrected chi connectivity index (χ4v) is 2.91. The van der Waals surface area contributed by atoms with Gasteiger partial charge in [0.05, 0.1) is 6.04 Å². The average molecular weight is 312 g/mol. The molecule has 0 bridgehead atoms. The standard InChI is InChI=1S/C13H18BrN3O/c1-16-13(18)12-3-2-6-17(12)8-9-4-5-10(15)7-11(9)14/h4-5,7,12H,2-3,6,8,15H2,1H3,(H,16,18). The van der Waals surface area contributed by atoms with Crippen LogP contribution >= 0.6 is 15.9 Å². The lowest BCUT2D eigenvalue weighted by Gasteiger charge is -2.23. The quantitative estimate of drug-likeness (QED) is 0.836. The average Bonchev–Trinajstić information content (AvgIpc) is 2.80. The molecule has 1 amide bonds. The number of nitrogens with zero attached hydrogens (tertiary/aromatic N) is 1. The Morgan fingerprint density at radius 3 is 3.06 bits per heavy atom. The molecule has 3 N–H and O–H groups in total. The topological polar surface area (TPSA) is 58.4 Å². The maximum Gasteiger partial charge on any atom is 0.237 e. The van der Waals surface area contributed by atoms with Gasteiger partial charge in [0.1, 0.15) is 0 Å². The molecule has 1 aliphatic rings. The minimum absolute atomic E-state index is 0.000506. The van der Waals surface area contributed by atoms with Gasteiger partial charge in [0.15, 0.2) is 0 Å². The number of amides is 1. The number of hydrogen-bond acceptors (Lipinski definition) is 3. The van der Waals surface area contributed by atoms with E-state index in [1.54, 1.807) is 7.05 Å². The molecule has 1 aliphatic heterocycles. The van der Waals surface area contributed by atoms with Crippen molar-refractivity contribution >= 4 is 27.5 Å². The molecule has 1 unspecified atom stereocenters. The Morgan fingerprint density at radius 2 is 2.39 bits per heavy atom. The molecular weight excluding hydrogens is 294 g/mol. The van der Waals surface area contributed by atoms with Crippen LogP contribution in [-0.2, 0) is 11.3 Å². The highest BCUT2D eigenvalue weighted by Gasteiger charge is 2.30. The van der Waals surface area contributed by atoms with E-state index in [1.807, 2.05) is 18.2 Å². The van der Waals surface area contributed by atoms with Crippen LogP contribution in [0.5, 0.6) is 0 Å². The fraction of sp³-hybridized carbons (Fsp3) is 0.462. The van der Waals surface area contributed by atoms with Crippen molar-refractivity contribution in [3.8, 4) is 0 Å². The van der Waals surface area contributed by atoms with Crippen molar-refractivity contribution in [1.29, 1.82) is 0 Å². The number of hydrogen-bond donors (Lipinski definition) is 2. The van der Waals surface area contributed by atoms with Crippen LogP contribution < -0.4 is 11.1 Å². The van der Waals surface area contributed by atoms with Crippen molar-refractivity contribution in [2.45, 2.75) is 25.4 Å². The smallest absolute Gasteiger partial charge is 0.237 e. The third-order valence-electron chi connectivity index (χ3n) is 3.36. The first kappa shape index (κ1) is 13.4. The van der Waals surface area contributed by atoms with E-state index in [2.05, 4.69) is 26.1 Å². The van der Waals surface area contributed by atoms with Crippen LogP contribution in [0.2, 0.25) is 0 Å². The number of likely N-dealkylation sites (tertiary alicyclic amines) is 1. The van der Waals surface area contributed by atoms with Gasteiger partial charge in [-0.1, -0.05) is 22.0 Å². The Bertz CT molecular complexity index is 450. The Balaban J connectivity index is 2.10.